The third kappa shape index (κ3) is 4.76. The molecule has 0 radical (unpaired) electrons. The van der Waals surface area contributed by atoms with Gasteiger partial charge in [-0.2, -0.15) is 0 Å². The van der Waals surface area contributed by atoms with Gasteiger partial charge in [0.1, 0.15) is 0 Å². The molecule has 130 valence electrons. The maximum atomic E-state index is 12.4. The maximum Gasteiger partial charge on any atom is 0.319 e. The number of hydrogen-bond donors (Lipinski definition) is 0. The number of aromatic nitrogens is 1. The highest BCUT2D eigenvalue weighted by molar-refractivity contribution is 6.31. The summed E-state index contributed by atoms with van der Waals surface area (Å²) >= 11 is 6.26. The number of benzene rings is 1. The van der Waals surface area contributed by atoms with Crippen LogP contribution in [0.3, 0.4) is 0 Å². The van der Waals surface area contributed by atoms with Gasteiger partial charge in [-0.25, -0.2) is 4.79 Å². The standard InChI is InChI=1S/C18H24ClN3O2/c1-20(2)18(23)22(11-12-24-3)14-16-8-6-10-21(16)13-15-7-4-5-9-17(15)19/h4-10H,11-14H2,1-3H3. The number of rotatable bonds is 7. The van der Waals surface area contributed by atoms with Crippen LogP contribution in [0, 0.1) is 0 Å². The number of halogens is 1. The second-order valence-electron chi connectivity index (χ2n) is 5.81. The van der Waals surface area contributed by atoms with Crippen molar-refractivity contribution in [3.05, 3.63) is 58.9 Å². The first-order valence-corrected chi connectivity index (χ1v) is 8.23. The Morgan fingerprint density at radius 3 is 2.62 bits per heavy atom. The first kappa shape index (κ1) is 18.4. The molecule has 2 aromatic rings. The fraction of sp³-hybridized carbons (Fsp3) is 0.389. The molecule has 0 aliphatic carbocycles. The summed E-state index contributed by atoms with van der Waals surface area (Å²) in [6, 6.07) is 11.8. The van der Waals surface area contributed by atoms with Gasteiger partial charge in [-0.05, 0) is 23.8 Å². The Hall–Kier alpha value is -1.98. The van der Waals surface area contributed by atoms with E-state index in [1.54, 1.807) is 31.0 Å². The molecular weight excluding hydrogens is 326 g/mol. The van der Waals surface area contributed by atoms with Gasteiger partial charge < -0.3 is 19.1 Å². The van der Waals surface area contributed by atoms with Crippen molar-refractivity contribution in [1.29, 1.82) is 0 Å². The van der Waals surface area contributed by atoms with E-state index in [-0.39, 0.29) is 6.03 Å². The molecule has 0 fully saturated rings. The topological polar surface area (TPSA) is 37.7 Å². The Balaban J connectivity index is 2.15. The zero-order valence-electron chi connectivity index (χ0n) is 14.4. The monoisotopic (exact) mass is 349 g/mol. The van der Waals surface area contributed by atoms with Gasteiger partial charge in [0.25, 0.3) is 0 Å². The number of amides is 2. The predicted octanol–water partition coefficient (Wildman–Crippen LogP) is 3.32. The highest BCUT2D eigenvalue weighted by Crippen LogP contribution is 2.18. The Bertz CT molecular complexity index is 670. The highest BCUT2D eigenvalue weighted by Gasteiger charge is 2.17. The van der Waals surface area contributed by atoms with E-state index in [9.17, 15) is 4.79 Å². The Labute approximate surface area is 148 Å². The molecule has 2 amide bonds. The molecule has 1 heterocycles. The van der Waals surface area contributed by atoms with E-state index in [0.717, 1.165) is 16.3 Å². The molecular formula is C18H24ClN3O2. The van der Waals surface area contributed by atoms with E-state index in [4.69, 9.17) is 16.3 Å². The highest BCUT2D eigenvalue weighted by atomic mass is 35.5. The van der Waals surface area contributed by atoms with Crippen molar-refractivity contribution in [3.8, 4) is 0 Å². The lowest BCUT2D eigenvalue weighted by atomic mass is 10.2. The molecule has 6 heteroatoms. The number of carbonyl (C=O) groups excluding carboxylic acids is 1. The normalized spacial score (nSPS) is 10.7. The van der Waals surface area contributed by atoms with E-state index in [2.05, 4.69) is 4.57 Å². The number of carbonyl (C=O) groups is 1. The summed E-state index contributed by atoms with van der Waals surface area (Å²) in [4.78, 5) is 15.7. The van der Waals surface area contributed by atoms with E-state index >= 15 is 0 Å². The van der Waals surface area contributed by atoms with Crippen LogP contribution in [0.15, 0.2) is 42.6 Å². The molecule has 0 aliphatic rings. The Morgan fingerprint density at radius 2 is 1.96 bits per heavy atom. The van der Waals surface area contributed by atoms with Crippen molar-refractivity contribution in [2.45, 2.75) is 13.1 Å². The first-order chi connectivity index (χ1) is 11.5. The number of hydrogen-bond acceptors (Lipinski definition) is 2. The molecule has 0 saturated carbocycles. The second kappa shape index (κ2) is 8.76. The molecule has 24 heavy (non-hydrogen) atoms. The van der Waals surface area contributed by atoms with Crippen LogP contribution in [-0.4, -0.2) is 54.8 Å². The summed E-state index contributed by atoms with van der Waals surface area (Å²) in [6.07, 6.45) is 2.01. The van der Waals surface area contributed by atoms with Gasteiger partial charge in [-0.3, -0.25) is 0 Å². The smallest absolute Gasteiger partial charge is 0.319 e. The molecule has 1 aromatic carbocycles. The zero-order chi connectivity index (χ0) is 17.5. The number of urea groups is 1. The minimum absolute atomic E-state index is 0.0301. The predicted molar refractivity (Wildman–Crippen MR) is 96.4 cm³/mol. The van der Waals surface area contributed by atoms with Gasteiger partial charge >= 0.3 is 6.03 Å². The lowest BCUT2D eigenvalue weighted by Gasteiger charge is -2.26. The average molecular weight is 350 g/mol. The number of nitrogens with zero attached hydrogens (tertiary/aromatic N) is 3. The molecule has 2 rings (SSSR count). The number of ether oxygens (including phenoxy) is 1. The van der Waals surface area contributed by atoms with Gasteiger partial charge in [0.15, 0.2) is 0 Å². The lowest BCUT2D eigenvalue weighted by Crippen LogP contribution is -2.40. The van der Waals surface area contributed by atoms with Crippen molar-refractivity contribution < 1.29 is 9.53 Å². The Morgan fingerprint density at radius 1 is 1.21 bits per heavy atom. The van der Waals surface area contributed by atoms with Crippen LogP contribution in [0.4, 0.5) is 4.79 Å². The van der Waals surface area contributed by atoms with Gasteiger partial charge in [-0.1, -0.05) is 29.8 Å². The molecule has 0 bridgehead atoms. The quantitative estimate of drug-likeness (QED) is 0.769. The fourth-order valence-corrected chi connectivity index (χ4v) is 2.68. The molecule has 0 unspecified atom stereocenters. The van der Waals surface area contributed by atoms with Crippen molar-refractivity contribution in [1.82, 2.24) is 14.4 Å². The summed E-state index contributed by atoms with van der Waals surface area (Å²) in [6.45, 7) is 2.25. The summed E-state index contributed by atoms with van der Waals surface area (Å²) in [5.74, 6) is 0. The lowest BCUT2D eigenvalue weighted by molar-refractivity contribution is 0.131. The van der Waals surface area contributed by atoms with E-state index in [1.807, 2.05) is 42.6 Å². The van der Waals surface area contributed by atoms with Crippen LogP contribution < -0.4 is 0 Å². The van der Waals surface area contributed by atoms with E-state index < -0.39 is 0 Å². The minimum Gasteiger partial charge on any atom is -0.383 e. The average Bonchev–Trinajstić information content (AvgIpc) is 2.99. The molecule has 0 N–H and O–H groups in total. The van der Waals surface area contributed by atoms with Crippen molar-refractivity contribution in [3.63, 3.8) is 0 Å². The van der Waals surface area contributed by atoms with Crippen LogP contribution in [0.2, 0.25) is 5.02 Å². The SMILES string of the molecule is COCCN(Cc1cccn1Cc1ccccc1Cl)C(=O)N(C)C. The molecule has 0 atom stereocenters. The summed E-state index contributed by atoms with van der Waals surface area (Å²) in [5.41, 5.74) is 2.11. The van der Waals surface area contributed by atoms with Crippen LogP contribution in [0.25, 0.3) is 0 Å². The van der Waals surface area contributed by atoms with Gasteiger partial charge in [0, 0.05) is 51.2 Å². The molecule has 5 nitrogen and oxygen atoms in total. The zero-order valence-corrected chi connectivity index (χ0v) is 15.2. The summed E-state index contributed by atoms with van der Waals surface area (Å²) < 4.78 is 7.24. The van der Waals surface area contributed by atoms with Gasteiger partial charge in [-0.15, -0.1) is 0 Å². The Kier molecular flexibility index (Phi) is 6.70. The minimum atomic E-state index is -0.0301. The third-order valence-corrected chi connectivity index (χ3v) is 4.16. The maximum absolute atomic E-state index is 12.4. The van der Waals surface area contributed by atoms with Crippen LogP contribution >= 0.6 is 11.6 Å². The number of methoxy groups -OCH3 is 1. The van der Waals surface area contributed by atoms with Crippen LogP contribution in [-0.2, 0) is 17.8 Å². The molecule has 0 spiro atoms. The third-order valence-electron chi connectivity index (χ3n) is 3.79. The second-order valence-corrected chi connectivity index (χ2v) is 6.22. The van der Waals surface area contributed by atoms with Crippen molar-refractivity contribution in [2.75, 3.05) is 34.4 Å². The van der Waals surface area contributed by atoms with Gasteiger partial charge in [0.05, 0.1) is 13.2 Å². The fourth-order valence-electron chi connectivity index (χ4n) is 2.48. The van der Waals surface area contributed by atoms with E-state index in [0.29, 0.717) is 26.2 Å². The van der Waals surface area contributed by atoms with E-state index in [1.165, 1.54) is 0 Å². The molecule has 0 aliphatic heterocycles. The van der Waals surface area contributed by atoms with Crippen molar-refractivity contribution >= 4 is 17.6 Å². The molecule has 0 saturated heterocycles. The molecule has 1 aromatic heterocycles. The summed E-state index contributed by atoms with van der Waals surface area (Å²) in [5, 5.41) is 0.748. The van der Waals surface area contributed by atoms with Crippen LogP contribution in [0.5, 0.6) is 0 Å². The summed E-state index contributed by atoms with van der Waals surface area (Å²) in [7, 11) is 5.15. The van der Waals surface area contributed by atoms with Gasteiger partial charge in [0.2, 0.25) is 0 Å². The first-order valence-electron chi connectivity index (χ1n) is 7.85. The van der Waals surface area contributed by atoms with Crippen LogP contribution in [0.1, 0.15) is 11.3 Å². The largest absolute Gasteiger partial charge is 0.383 e. The van der Waals surface area contributed by atoms with Crippen molar-refractivity contribution in [2.24, 2.45) is 0 Å².